The van der Waals surface area contributed by atoms with E-state index in [-0.39, 0.29) is 11.9 Å². The van der Waals surface area contributed by atoms with Crippen molar-refractivity contribution in [2.24, 2.45) is 0 Å². The van der Waals surface area contributed by atoms with Crippen LogP contribution in [0.25, 0.3) is 16.7 Å². The summed E-state index contributed by atoms with van der Waals surface area (Å²) < 4.78 is 22.6. The molecule has 2 aromatic heterocycles. The molecule has 0 N–H and O–H groups in total. The van der Waals surface area contributed by atoms with E-state index in [0.717, 1.165) is 22.3 Å². The van der Waals surface area contributed by atoms with Gasteiger partial charge in [0.25, 0.3) is 0 Å². The molecule has 0 bridgehead atoms. The van der Waals surface area contributed by atoms with Crippen molar-refractivity contribution in [2.45, 2.75) is 26.5 Å². The first kappa shape index (κ1) is 19.5. The zero-order valence-electron chi connectivity index (χ0n) is 16.7. The highest BCUT2D eigenvalue weighted by Gasteiger charge is 2.21. The highest BCUT2D eigenvalue weighted by Crippen LogP contribution is 2.27. The van der Waals surface area contributed by atoms with Crippen LogP contribution in [0.5, 0.6) is 0 Å². The Morgan fingerprint density at radius 1 is 1.10 bits per heavy atom. The van der Waals surface area contributed by atoms with Crippen LogP contribution in [-0.4, -0.2) is 21.2 Å². The van der Waals surface area contributed by atoms with Crippen LogP contribution in [-0.2, 0) is 11.3 Å². The van der Waals surface area contributed by atoms with Crippen LogP contribution in [0.3, 0.4) is 0 Å². The third-order valence-electron chi connectivity index (χ3n) is 4.88. The van der Waals surface area contributed by atoms with Crippen LogP contribution >= 0.6 is 0 Å². The number of nitriles is 1. The number of carbonyl (C=O) groups is 1. The normalized spacial score (nSPS) is 11.0. The SMILES string of the molecule is CC(C)OC(=O)c1cc2c(ccn2-c2ccc(F)cc2)n1Cc1ccccc1C#N. The molecule has 4 aromatic rings. The largest absolute Gasteiger partial charge is 0.458 e. The second-order valence-electron chi connectivity index (χ2n) is 7.27. The van der Waals surface area contributed by atoms with Crippen molar-refractivity contribution in [3.8, 4) is 11.8 Å². The lowest BCUT2D eigenvalue weighted by Gasteiger charge is -2.12. The average molecular weight is 401 g/mol. The first-order valence-electron chi connectivity index (χ1n) is 9.63. The lowest BCUT2D eigenvalue weighted by Crippen LogP contribution is -2.16. The van der Waals surface area contributed by atoms with E-state index in [0.29, 0.717) is 17.8 Å². The maximum absolute atomic E-state index is 13.4. The topological polar surface area (TPSA) is 59.9 Å². The molecule has 0 aliphatic carbocycles. The maximum Gasteiger partial charge on any atom is 0.355 e. The maximum atomic E-state index is 13.4. The molecule has 30 heavy (non-hydrogen) atoms. The summed E-state index contributed by atoms with van der Waals surface area (Å²) in [5.41, 5.74) is 4.17. The number of hydrogen-bond donors (Lipinski definition) is 0. The zero-order valence-corrected chi connectivity index (χ0v) is 16.7. The minimum atomic E-state index is -0.429. The summed E-state index contributed by atoms with van der Waals surface area (Å²) in [4.78, 5) is 12.8. The number of fused-ring (bicyclic) bond motifs is 1. The van der Waals surface area contributed by atoms with Gasteiger partial charge in [0, 0.05) is 18.4 Å². The molecule has 0 unspecified atom stereocenters. The standard InChI is InChI=1S/C24H20FN3O2/c1-16(2)30-24(29)23-13-22-21(11-12-27(22)20-9-7-19(25)8-10-20)28(23)15-18-6-4-3-5-17(18)14-26/h3-13,16H,15H2,1-2H3. The Morgan fingerprint density at radius 2 is 1.83 bits per heavy atom. The van der Waals surface area contributed by atoms with Crippen molar-refractivity contribution in [1.29, 1.82) is 5.26 Å². The number of halogens is 1. The Labute approximate surface area is 173 Å². The predicted octanol–water partition coefficient (Wildman–Crippen LogP) is 5.06. The fourth-order valence-electron chi connectivity index (χ4n) is 3.52. The molecular weight excluding hydrogens is 381 g/mol. The van der Waals surface area contributed by atoms with Gasteiger partial charge in [-0.15, -0.1) is 0 Å². The van der Waals surface area contributed by atoms with Crippen LogP contribution in [0, 0.1) is 17.1 Å². The molecule has 150 valence electrons. The van der Waals surface area contributed by atoms with Crippen LogP contribution in [0.4, 0.5) is 4.39 Å². The lowest BCUT2D eigenvalue weighted by molar-refractivity contribution is 0.0366. The monoisotopic (exact) mass is 401 g/mol. The van der Waals surface area contributed by atoms with Crippen LogP contribution in [0.1, 0.15) is 35.5 Å². The van der Waals surface area contributed by atoms with E-state index in [2.05, 4.69) is 6.07 Å². The van der Waals surface area contributed by atoms with Gasteiger partial charge in [0.15, 0.2) is 0 Å². The lowest BCUT2D eigenvalue weighted by atomic mass is 10.1. The molecule has 0 fully saturated rings. The van der Waals surface area contributed by atoms with E-state index in [4.69, 9.17) is 4.74 Å². The van der Waals surface area contributed by atoms with Gasteiger partial charge in [0.2, 0.25) is 0 Å². The molecule has 6 heteroatoms. The summed E-state index contributed by atoms with van der Waals surface area (Å²) in [6.45, 7) is 3.95. The number of benzene rings is 2. The number of hydrogen-bond acceptors (Lipinski definition) is 3. The second kappa shape index (κ2) is 7.88. The molecule has 2 heterocycles. The average Bonchev–Trinajstić information content (AvgIpc) is 3.29. The highest BCUT2D eigenvalue weighted by molar-refractivity contribution is 5.95. The molecule has 0 saturated carbocycles. The summed E-state index contributed by atoms with van der Waals surface area (Å²) in [5, 5.41) is 9.45. The third kappa shape index (κ3) is 3.58. The minimum Gasteiger partial charge on any atom is -0.458 e. The Kier molecular flexibility index (Phi) is 5.11. The molecule has 0 saturated heterocycles. The van der Waals surface area contributed by atoms with Gasteiger partial charge in [-0.25, -0.2) is 9.18 Å². The number of rotatable bonds is 5. The van der Waals surface area contributed by atoms with Crippen molar-refractivity contribution in [3.05, 3.63) is 89.5 Å². The number of carbonyl (C=O) groups excluding carboxylic acids is 1. The van der Waals surface area contributed by atoms with Gasteiger partial charge in [-0.2, -0.15) is 5.26 Å². The molecule has 5 nitrogen and oxygen atoms in total. The predicted molar refractivity (Wildman–Crippen MR) is 112 cm³/mol. The molecule has 2 aromatic carbocycles. The quantitative estimate of drug-likeness (QED) is 0.439. The number of nitrogens with zero attached hydrogens (tertiary/aromatic N) is 3. The highest BCUT2D eigenvalue weighted by atomic mass is 19.1. The number of aromatic nitrogens is 2. The van der Waals surface area contributed by atoms with Gasteiger partial charge in [0.1, 0.15) is 11.5 Å². The summed E-state index contributed by atoms with van der Waals surface area (Å²) >= 11 is 0. The van der Waals surface area contributed by atoms with Gasteiger partial charge in [0.05, 0.1) is 28.8 Å². The summed E-state index contributed by atoms with van der Waals surface area (Å²) in [6.07, 6.45) is 1.62. The molecule has 0 aliphatic rings. The number of ether oxygens (including phenoxy) is 1. The minimum absolute atomic E-state index is 0.258. The van der Waals surface area contributed by atoms with Crippen molar-refractivity contribution in [2.75, 3.05) is 0 Å². The van der Waals surface area contributed by atoms with Crippen LogP contribution < -0.4 is 0 Å². The van der Waals surface area contributed by atoms with E-state index >= 15 is 0 Å². The zero-order chi connectivity index (χ0) is 21.3. The Bertz CT molecular complexity index is 1260. The number of esters is 1. The van der Waals surface area contributed by atoms with Gasteiger partial charge < -0.3 is 13.9 Å². The second-order valence-corrected chi connectivity index (χ2v) is 7.27. The first-order chi connectivity index (χ1) is 14.5. The van der Waals surface area contributed by atoms with Gasteiger partial charge in [-0.05, 0) is 61.9 Å². The van der Waals surface area contributed by atoms with E-state index in [1.54, 1.807) is 38.1 Å². The van der Waals surface area contributed by atoms with E-state index in [1.165, 1.54) is 12.1 Å². The van der Waals surface area contributed by atoms with Gasteiger partial charge in [-0.3, -0.25) is 0 Å². The van der Waals surface area contributed by atoms with E-state index < -0.39 is 5.97 Å². The molecule has 0 spiro atoms. The van der Waals surface area contributed by atoms with Crippen molar-refractivity contribution < 1.29 is 13.9 Å². The Hall–Kier alpha value is -3.85. The summed E-state index contributed by atoms with van der Waals surface area (Å²) in [5.74, 6) is -0.740. The molecule has 0 atom stereocenters. The fraction of sp³-hybridized carbons (Fsp3) is 0.167. The van der Waals surface area contributed by atoms with Crippen molar-refractivity contribution in [1.82, 2.24) is 9.13 Å². The third-order valence-corrected chi connectivity index (χ3v) is 4.88. The van der Waals surface area contributed by atoms with E-state index in [9.17, 15) is 14.4 Å². The fourth-order valence-corrected chi connectivity index (χ4v) is 3.52. The summed E-state index contributed by atoms with van der Waals surface area (Å²) in [6, 6.07) is 19.4. The molecule has 4 rings (SSSR count). The van der Waals surface area contributed by atoms with Crippen LogP contribution in [0.15, 0.2) is 66.9 Å². The van der Waals surface area contributed by atoms with Crippen molar-refractivity contribution >= 4 is 17.0 Å². The van der Waals surface area contributed by atoms with Gasteiger partial charge >= 0.3 is 5.97 Å². The molecule has 0 radical (unpaired) electrons. The smallest absolute Gasteiger partial charge is 0.355 e. The first-order valence-corrected chi connectivity index (χ1v) is 9.63. The molecule has 0 aliphatic heterocycles. The summed E-state index contributed by atoms with van der Waals surface area (Å²) in [7, 11) is 0. The van der Waals surface area contributed by atoms with Crippen molar-refractivity contribution in [3.63, 3.8) is 0 Å². The Morgan fingerprint density at radius 3 is 2.53 bits per heavy atom. The Balaban J connectivity index is 1.87. The van der Waals surface area contributed by atoms with Gasteiger partial charge in [-0.1, -0.05) is 18.2 Å². The van der Waals surface area contributed by atoms with E-state index in [1.807, 2.05) is 39.6 Å². The van der Waals surface area contributed by atoms with Crippen LogP contribution in [0.2, 0.25) is 0 Å². The molecule has 0 amide bonds. The molecular formula is C24H20FN3O2.